The zero-order chi connectivity index (χ0) is 18.5. The van der Waals surface area contributed by atoms with Crippen LogP contribution in [0.3, 0.4) is 0 Å². The first-order valence-corrected chi connectivity index (χ1v) is 7.67. The number of halogens is 3. The lowest BCUT2D eigenvalue weighted by Gasteiger charge is -2.08. The second-order valence-corrected chi connectivity index (χ2v) is 5.68. The maximum Gasteiger partial charge on any atom is 0.408 e. The van der Waals surface area contributed by atoms with Crippen LogP contribution in [0, 0.1) is 6.92 Å². The molecule has 0 aliphatic rings. The molecule has 4 aromatic rings. The molecule has 0 radical (unpaired) electrons. The molecule has 0 saturated carbocycles. The Bertz CT molecular complexity index is 1110. The molecular weight excluding hydrogens is 349 g/mol. The lowest BCUT2D eigenvalue weighted by Crippen LogP contribution is -2.19. The van der Waals surface area contributed by atoms with E-state index in [9.17, 15) is 13.2 Å². The van der Waals surface area contributed by atoms with Gasteiger partial charge >= 0.3 is 6.18 Å². The Kier molecular flexibility index (Phi) is 3.53. The number of hydrogen-bond acceptors (Lipinski definition) is 6. The van der Waals surface area contributed by atoms with Crippen LogP contribution < -0.4 is 5.32 Å². The number of nitrogens with zero attached hydrogens (tertiary/aromatic N) is 7. The molecule has 0 fully saturated rings. The van der Waals surface area contributed by atoms with Crippen LogP contribution in [0.2, 0.25) is 0 Å². The average Bonchev–Trinajstić information content (AvgIpc) is 3.16. The van der Waals surface area contributed by atoms with Crippen molar-refractivity contribution in [1.29, 1.82) is 0 Å². The summed E-state index contributed by atoms with van der Waals surface area (Å²) in [4.78, 5) is 8.70. The van der Waals surface area contributed by atoms with Gasteiger partial charge in [-0.05, 0) is 25.1 Å². The summed E-state index contributed by atoms with van der Waals surface area (Å²) in [6, 6.07) is 5.06. The predicted molar refractivity (Wildman–Crippen MR) is 87.6 cm³/mol. The average molecular weight is 362 g/mol. The maximum absolute atomic E-state index is 12.7. The number of hydrogen-bond donors (Lipinski definition) is 1. The molecule has 0 aromatic carbocycles. The molecule has 8 nitrogen and oxygen atoms in total. The van der Waals surface area contributed by atoms with Gasteiger partial charge in [-0.2, -0.15) is 18.3 Å². The van der Waals surface area contributed by atoms with Crippen molar-refractivity contribution in [3.8, 4) is 11.3 Å². The largest absolute Gasteiger partial charge is 0.408 e. The molecule has 1 N–H and O–H groups in total. The van der Waals surface area contributed by atoms with Gasteiger partial charge in [0.15, 0.2) is 11.5 Å². The molecular formula is C15H13F3N8. The zero-order valence-corrected chi connectivity index (χ0v) is 13.8. The van der Waals surface area contributed by atoms with Crippen LogP contribution in [0.25, 0.3) is 27.9 Å². The second kappa shape index (κ2) is 5.64. The number of anilines is 1. The first-order valence-electron chi connectivity index (χ1n) is 7.67. The van der Waals surface area contributed by atoms with Crippen molar-refractivity contribution in [1.82, 2.24) is 34.6 Å². The Balaban J connectivity index is 1.90. The third kappa shape index (κ3) is 2.70. The first kappa shape index (κ1) is 16.2. The summed E-state index contributed by atoms with van der Waals surface area (Å²) in [5.41, 5.74) is 2.21. The van der Waals surface area contributed by atoms with E-state index >= 15 is 0 Å². The third-order valence-electron chi connectivity index (χ3n) is 3.82. The van der Waals surface area contributed by atoms with E-state index < -0.39 is 12.7 Å². The number of fused-ring (bicyclic) bond motifs is 2. The van der Waals surface area contributed by atoms with Crippen molar-refractivity contribution in [3.05, 3.63) is 30.2 Å². The summed E-state index contributed by atoms with van der Waals surface area (Å²) >= 11 is 0. The summed E-state index contributed by atoms with van der Waals surface area (Å²) < 4.78 is 40.6. The van der Waals surface area contributed by atoms with Gasteiger partial charge in [-0.25, -0.2) is 19.2 Å². The van der Waals surface area contributed by atoms with Crippen molar-refractivity contribution in [2.24, 2.45) is 0 Å². The minimum Gasteiger partial charge on any atom is -0.371 e. The summed E-state index contributed by atoms with van der Waals surface area (Å²) in [5.74, 6) is 1.18. The summed E-state index contributed by atoms with van der Waals surface area (Å²) in [7, 11) is 1.73. The molecule has 0 bridgehead atoms. The van der Waals surface area contributed by atoms with Crippen LogP contribution in [0.1, 0.15) is 5.82 Å². The van der Waals surface area contributed by atoms with Crippen LogP contribution >= 0.6 is 0 Å². The number of pyridine rings is 1. The van der Waals surface area contributed by atoms with Gasteiger partial charge in [0, 0.05) is 18.8 Å². The number of rotatable bonds is 3. The second-order valence-electron chi connectivity index (χ2n) is 5.68. The van der Waals surface area contributed by atoms with Crippen molar-refractivity contribution in [3.63, 3.8) is 0 Å². The number of aromatic nitrogens is 7. The van der Waals surface area contributed by atoms with E-state index in [0.717, 1.165) is 4.68 Å². The van der Waals surface area contributed by atoms with E-state index in [0.29, 0.717) is 33.9 Å². The lowest BCUT2D eigenvalue weighted by atomic mass is 10.2. The van der Waals surface area contributed by atoms with Gasteiger partial charge in [0.05, 0.1) is 5.69 Å². The smallest absolute Gasteiger partial charge is 0.371 e. The Morgan fingerprint density at radius 3 is 2.69 bits per heavy atom. The topological polar surface area (TPSA) is 85.8 Å². The van der Waals surface area contributed by atoms with Crippen LogP contribution in [0.15, 0.2) is 24.4 Å². The molecule has 0 spiro atoms. The Labute approximate surface area is 144 Å². The fourth-order valence-corrected chi connectivity index (χ4v) is 2.80. The highest BCUT2D eigenvalue weighted by molar-refractivity contribution is 5.88. The molecule has 0 aliphatic carbocycles. The fourth-order valence-electron chi connectivity index (χ4n) is 2.80. The number of alkyl halides is 3. The molecule has 0 aliphatic heterocycles. The summed E-state index contributed by atoms with van der Waals surface area (Å²) in [5, 5.41) is 14.6. The highest BCUT2D eigenvalue weighted by atomic mass is 19.4. The van der Waals surface area contributed by atoms with Crippen molar-refractivity contribution in [2.75, 3.05) is 12.4 Å². The molecule has 0 unspecified atom stereocenters. The van der Waals surface area contributed by atoms with E-state index in [1.54, 1.807) is 42.9 Å². The van der Waals surface area contributed by atoms with Gasteiger partial charge in [-0.15, -0.1) is 5.10 Å². The van der Waals surface area contributed by atoms with Gasteiger partial charge in [0.25, 0.3) is 0 Å². The van der Waals surface area contributed by atoms with Crippen LogP contribution in [-0.4, -0.2) is 47.8 Å². The SMILES string of the molecule is CNc1nc(C)nn2ccc(-c3ccc4nnn(CC(F)(F)F)c4n3)c12. The zero-order valence-electron chi connectivity index (χ0n) is 13.8. The number of nitrogens with one attached hydrogen (secondary N) is 1. The van der Waals surface area contributed by atoms with Gasteiger partial charge in [-0.3, -0.25) is 0 Å². The fraction of sp³-hybridized carbons (Fsp3) is 0.267. The minimum atomic E-state index is -4.41. The van der Waals surface area contributed by atoms with Crippen molar-refractivity contribution >= 4 is 22.5 Å². The summed E-state index contributed by atoms with van der Waals surface area (Å²) in [6.07, 6.45) is -2.66. The van der Waals surface area contributed by atoms with Crippen LogP contribution in [0.4, 0.5) is 19.0 Å². The summed E-state index contributed by atoms with van der Waals surface area (Å²) in [6.45, 7) is 0.520. The third-order valence-corrected chi connectivity index (χ3v) is 3.82. The van der Waals surface area contributed by atoms with Gasteiger partial charge in [-0.1, -0.05) is 5.21 Å². The highest BCUT2D eigenvalue weighted by Crippen LogP contribution is 2.29. The molecule has 0 atom stereocenters. The van der Waals surface area contributed by atoms with Gasteiger partial charge in [0.2, 0.25) is 0 Å². The number of aryl methyl sites for hydroxylation is 1. The standard InChI is InChI=1S/C15H13F3N8/c1-8-20-13(19-2)12-9(5-6-25(12)23-8)10-3-4-11-14(21-10)26(24-22-11)7-15(16,17)18/h3-6H,7H2,1-2H3,(H,19,20,23). The highest BCUT2D eigenvalue weighted by Gasteiger charge is 2.30. The molecule has 0 amide bonds. The van der Waals surface area contributed by atoms with Crippen LogP contribution in [-0.2, 0) is 6.54 Å². The quantitative estimate of drug-likeness (QED) is 0.603. The van der Waals surface area contributed by atoms with E-state index in [-0.39, 0.29) is 5.65 Å². The molecule has 26 heavy (non-hydrogen) atoms. The van der Waals surface area contributed by atoms with Crippen LogP contribution in [0.5, 0.6) is 0 Å². The molecule has 134 valence electrons. The van der Waals surface area contributed by atoms with E-state index in [4.69, 9.17) is 0 Å². The molecule has 4 heterocycles. The Morgan fingerprint density at radius 1 is 1.15 bits per heavy atom. The monoisotopic (exact) mass is 362 g/mol. The lowest BCUT2D eigenvalue weighted by molar-refractivity contribution is -0.142. The maximum atomic E-state index is 12.7. The minimum absolute atomic E-state index is 0.0678. The van der Waals surface area contributed by atoms with Gasteiger partial charge in [0.1, 0.15) is 23.4 Å². The molecule has 4 aromatic heterocycles. The Morgan fingerprint density at radius 2 is 1.96 bits per heavy atom. The molecule has 11 heteroatoms. The predicted octanol–water partition coefficient (Wildman–Crippen LogP) is 2.45. The van der Waals surface area contributed by atoms with E-state index in [2.05, 4.69) is 30.7 Å². The van der Waals surface area contributed by atoms with Crippen molar-refractivity contribution in [2.45, 2.75) is 19.6 Å². The van der Waals surface area contributed by atoms with E-state index in [1.807, 2.05) is 0 Å². The Hall–Kier alpha value is -3.24. The van der Waals surface area contributed by atoms with E-state index in [1.165, 1.54) is 0 Å². The normalized spacial score (nSPS) is 12.2. The van der Waals surface area contributed by atoms with Crippen molar-refractivity contribution < 1.29 is 13.2 Å². The van der Waals surface area contributed by atoms with Gasteiger partial charge < -0.3 is 5.32 Å². The first-order chi connectivity index (χ1) is 12.4. The molecule has 0 saturated heterocycles. The molecule has 4 rings (SSSR count).